The van der Waals surface area contributed by atoms with Crippen LogP contribution in [0.25, 0.3) is 0 Å². The molecule has 0 fully saturated rings. The Bertz CT molecular complexity index is 626. The normalized spacial score (nSPS) is 11.5. The van der Waals surface area contributed by atoms with E-state index in [1.165, 1.54) is 23.3 Å². The molecule has 0 aromatic carbocycles. The lowest BCUT2D eigenvalue weighted by molar-refractivity contribution is 0.249. The zero-order valence-electron chi connectivity index (χ0n) is 12.5. The van der Waals surface area contributed by atoms with Gasteiger partial charge in [0.05, 0.1) is 0 Å². The number of rotatable bonds is 6. The minimum Gasteiger partial charge on any atom is -0.341 e. The van der Waals surface area contributed by atoms with E-state index in [-0.39, 0.29) is 16.0 Å². The Balaban J connectivity index is 3.08. The minimum atomic E-state index is -3.73. The summed E-state index contributed by atoms with van der Waals surface area (Å²) in [4.78, 5) is 12.7. The molecule has 0 spiro atoms. The minimum absolute atomic E-state index is 0.142. The summed E-state index contributed by atoms with van der Waals surface area (Å²) < 4.78 is 26.0. The highest BCUT2D eigenvalue weighted by Crippen LogP contribution is 2.25. The molecule has 21 heavy (non-hydrogen) atoms. The van der Waals surface area contributed by atoms with Crippen molar-refractivity contribution in [1.82, 2.24) is 19.8 Å². The fourth-order valence-electron chi connectivity index (χ4n) is 1.48. The Morgan fingerprint density at radius 1 is 1.43 bits per heavy atom. The number of hydrogen-bond donors (Lipinski definition) is 1. The number of carbonyl (C=O) groups is 1. The molecule has 10 heteroatoms. The van der Waals surface area contributed by atoms with Gasteiger partial charge in [0.2, 0.25) is 9.47 Å². The van der Waals surface area contributed by atoms with Gasteiger partial charge in [-0.3, -0.25) is 4.90 Å². The first-order valence-electron chi connectivity index (χ1n) is 6.17. The number of likely N-dealkylation sites (N-methyl/N-ethyl adjacent to an activating group) is 1. The summed E-state index contributed by atoms with van der Waals surface area (Å²) in [6.45, 7) is 7.73. The van der Waals surface area contributed by atoms with Crippen molar-refractivity contribution in [2.75, 3.05) is 32.1 Å². The number of aromatic nitrogens is 2. The molecule has 0 saturated heterocycles. The molecule has 0 saturated carbocycles. The molecule has 0 unspecified atom stereocenters. The molecule has 1 heterocycles. The van der Waals surface area contributed by atoms with Crippen molar-refractivity contribution >= 4 is 32.5 Å². The number of sulfonamides is 1. The molecule has 0 bridgehead atoms. The van der Waals surface area contributed by atoms with Gasteiger partial charge < -0.3 is 5.32 Å². The summed E-state index contributed by atoms with van der Waals surface area (Å²) in [6.07, 6.45) is 0. The van der Waals surface area contributed by atoms with Gasteiger partial charge >= 0.3 is 6.03 Å². The third-order valence-corrected chi connectivity index (χ3v) is 5.83. The van der Waals surface area contributed by atoms with E-state index >= 15 is 0 Å². The number of nitrogens with one attached hydrogen (secondary N) is 1. The van der Waals surface area contributed by atoms with Gasteiger partial charge in [-0.1, -0.05) is 30.4 Å². The second kappa shape index (κ2) is 6.96. The largest absolute Gasteiger partial charge is 0.341 e. The second-order valence-corrected chi connectivity index (χ2v) is 7.42. The molecule has 0 radical (unpaired) electrons. The van der Waals surface area contributed by atoms with Crippen molar-refractivity contribution in [2.24, 2.45) is 0 Å². The Morgan fingerprint density at radius 2 is 2.05 bits per heavy atom. The topological polar surface area (TPSA) is 95.5 Å². The molecule has 1 aromatic heterocycles. The van der Waals surface area contributed by atoms with Crippen LogP contribution in [0.2, 0.25) is 0 Å². The van der Waals surface area contributed by atoms with Crippen molar-refractivity contribution in [2.45, 2.75) is 18.2 Å². The van der Waals surface area contributed by atoms with E-state index in [1.807, 2.05) is 0 Å². The van der Waals surface area contributed by atoms with Crippen LogP contribution >= 0.6 is 11.3 Å². The third kappa shape index (κ3) is 3.99. The van der Waals surface area contributed by atoms with Gasteiger partial charge in [-0.25, -0.2) is 13.2 Å². The van der Waals surface area contributed by atoms with Gasteiger partial charge in [-0.15, -0.1) is 10.2 Å². The fraction of sp³-hybridized carbons (Fsp3) is 0.545. The first kappa shape index (κ1) is 17.5. The van der Waals surface area contributed by atoms with Crippen molar-refractivity contribution in [3.05, 3.63) is 12.2 Å². The van der Waals surface area contributed by atoms with Crippen molar-refractivity contribution in [3.63, 3.8) is 0 Å². The third-order valence-electron chi connectivity index (χ3n) is 2.56. The van der Waals surface area contributed by atoms with Crippen molar-refractivity contribution in [3.8, 4) is 0 Å². The number of nitrogens with zero attached hydrogens (tertiary/aromatic N) is 4. The molecule has 0 aliphatic heterocycles. The first-order valence-corrected chi connectivity index (χ1v) is 8.43. The number of carbonyl (C=O) groups excluding carboxylic acids is 1. The van der Waals surface area contributed by atoms with Crippen LogP contribution in [0.3, 0.4) is 0 Å². The van der Waals surface area contributed by atoms with Crippen molar-refractivity contribution in [1.29, 1.82) is 0 Å². The summed E-state index contributed by atoms with van der Waals surface area (Å²) in [5.74, 6) is 0. The van der Waals surface area contributed by atoms with Crippen LogP contribution in [0.1, 0.15) is 13.8 Å². The van der Waals surface area contributed by atoms with Crippen LogP contribution in [-0.2, 0) is 10.0 Å². The molecule has 1 N–H and O–H groups in total. The van der Waals surface area contributed by atoms with Crippen LogP contribution < -0.4 is 10.2 Å². The van der Waals surface area contributed by atoms with E-state index in [0.717, 1.165) is 16.9 Å². The zero-order valence-corrected chi connectivity index (χ0v) is 14.1. The lowest BCUT2D eigenvalue weighted by Crippen LogP contribution is -2.34. The van der Waals surface area contributed by atoms with Crippen LogP contribution in [0.4, 0.5) is 9.93 Å². The lowest BCUT2D eigenvalue weighted by Gasteiger charge is -2.18. The Labute approximate surface area is 128 Å². The Kier molecular flexibility index (Phi) is 5.81. The SMILES string of the molecule is C=C(C)CN(CC)S(=O)(=O)c1nnc(N(C)C(=O)NC)s1. The maximum absolute atomic E-state index is 12.4. The average molecular weight is 333 g/mol. The van der Waals surface area contributed by atoms with E-state index in [4.69, 9.17) is 0 Å². The average Bonchev–Trinajstić information content (AvgIpc) is 2.92. The Hall–Kier alpha value is -1.52. The number of amides is 2. The second-order valence-electron chi connectivity index (χ2n) is 4.35. The maximum atomic E-state index is 12.4. The van der Waals surface area contributed by atoms with Crippen LogP contribution in [-0.4, -0.2) is 56.1 Å². The molecule has 0 atom stereocenters. The van der Waals surface area contributed by atoms with Crippen LogP contribution in [0.15, 0.2) is 16.5 Å². The van der Waals surface area contributed by atoms with Crippen molar-refractivity contribution < 1.29 is 13.2 Å². The van der Waals surface area contributed by atoms with E-state index in [9.17, 15) is 13.2 Å². The van der Waals surface area contributed by atoms with Gasteiger partial charge in [0.1, 0.15) is 0 Å². The predicted octanol–water partition coefficient (Wildman–Crippen LogP) is 0.900. The van der Waals surface area contributed by atoms with Gasteiger partial charge in [0, 0.05) is 27.2 Å². The van der Waals surface area contributed by atoms with E-state index in [1.54, 1.807) is 13.8 Å². The van der Waals surface area contributed by atoms with E-state index < -0.39 is 16.1 Å². The molecule has 1 rings (SSSR count). The highest BCUT2D eigenvalue weighted by molar-refractivity contribution is 7.91. The highest BCUT2D eigenvalue weighted by atomic mass is 32.2. The number of hydrogen-bond acceptors (Lipinski definition) is 6. The fourth-order valence-corrected chi connectivity index (χ4v) is 4.07. The smallest absolute Gasteiger partial charge is 0.323 e. The summed E-state index contributed by atoms with van der Waals surface area (Å²) in [5, 5.41) is 10.1. The van der Waals surface area contributed by atoms with Crippen LogP contribution in [0, 0.1) is 0 Å². The lowest BCUT2D eigenvalue weighted by atomic mass is 10.3. The van der Waals surface area contributed by atoms with E-state index in [2.05, 4.69) is 22.1 Å². The van der Waals surface area contributed by atoms with Gasteiger partial charge in [0.15, 0.2) is 0 Å². The molecule has 2 amide bonds. The molecule has 1 aromatic rings. The summed E-state index contributed by atoms with van der Waals surface area (Å²) in [7, 11) is -0.770. The van der Waals surface area contributed by atoms with Gasteiger partial charge in [-0.2, -0.15) is 4.31 Å². The first-order chi connectivity index (χ1) is 9.73. The number of anilines is 1. The van der Waals surface area contributed by atoms with Crippen LogP contribution in [0.5, 0.6) is 0 Å². The van der Waals surface area contributed by atoms with E-state index in [0.29, 0.717) is 6.54 Å². The Morgan fingerprint density at radius 3 is 2.52 bits per heavy atom. The van der Waals surface area contributed by atoms with Gasteiger partial charge in [0.25, 0.3) is 10.0 Å². The summed E-state index contributed by atoms with van der Waals surface area (Å²) >= 11 is 0.846. The zero-order chi connectivity index (χ0) is 16.2. The maximum Gasteiger partial charge on any atom is 0.323 e. The summed E-state index contributed by atoms with van der Waals surface area (Å²) in [6, 6.07) is -0.399. The van der Waals surface area contributed by atoms with Gasteiger partial charge in [-0.05, 0) is 6.92 Å². The number of urea groups is 1. The molecule has 8 nitrogen and oxygen atoms in total. The monoisotopic (exact) mass is 333 g/mol. The molecule has 0 aliphatic rings. The highest BCUT2D eigenvalue weighted by Gasteiger charge is 2.28. The quantitative estimate of drug-likeness (QED) is 0.616. The molecular weight excluding hydrogens is 314 g/mol. The predicted molar refractivity (Wildman–Crippen MR) is 82.0 cm³/mol. The molecule has 118 valence electrons. The molecule has 0 aliphatic carbocycles. The standard InChI is InChI=1S/C11H19N5O3S2/c1-6-16(7-8(2)3)21(18,19)11-14-13-10(20-11)15(5)9(17)12-4/h2,6-7H2,1,3-5H3,(H,12,17). The molecular formula is C11H19N5O3S2. The summed E-state index contributed by atoms with van der Waals surface area (Å²) in [5.41, 5.74) is 0.729.